The molecule has 1 rings (SSSR count). The smallest absolute Gasteiger partial charge is 0.265 e. The molecule has 1 aromatic heterocycles. The molecular formula is C6H8N4O. The van der Waals surface area contributed by atoms with Crippen molar-refractivity contribution in [3.63, 3.8) is 0 Å². The van der Waals surface area contributed by atoms with Gasteiger partial charge in [-0.1, -0.05) is 10.7 Å². The van der Waals surface area contributed by atoms with E-state index in [2.05, 4.69) is 27.1 Å². The molecule has 0 aromatic carbocycles. The fourth-order valence-corrected chi connectivity index (χ4v) is 0.503. The van der Waals surface area contributed by atoms with Crippen LogP contribution >= 0.6 is 0 Å². The Morgan fingerprint density at radius 3 is 3.27 bits per heavy atom. The Kier molecular flexibility index (Phi) is 2.33. The minimum absolute atomic E-state index is 0.234. The maximum absolute atomic E-state index is 5.24. The van der Waals surface area contributed by atoms with E-state index in [1.165, 1.54) is 11.0 Å². The number of nitrogen functional groups attached to an aromatic ring is 1. The Hall–Kier alpha value is -1.70. The highest BCUT2D eigenvalue weighted by atomic mass is 16.5. The summed E-state index contributed by atoms with van der Waals surface area (Å²) in [7, 11) is 0. The molecular weight excluding hydrogens is 144 g/mol. The SMILES string of the molecule is CC#CC[N-][n+]1cc(N)on1. The first-order valence-corrected chi connectivity index (χ1v) is 3.04. The maximum atomic E-state index is 5.24. The van der Waals surface area contributed by atoms with Crippen molar-refractivity contribution in [3.05, 3.63) is 11.6 Å². The zero-order valence-corrected chi connectivity index (χ0v) is 6.11. The predicted octanol–water partition coefficient (Wildman–Crippen LogP) is -0.296. The number of hydrogen-bond donors (Lipinski definition) is 1. The van der Waals surface area contributed by atoms with Gasteiger partial charge in [0.1, 0.15) is 0 Å². The van der Waals surface area contributed by atoms with Crippen molar-refractivity contribution in [2.75, 3.05) is 12.3 Å². The molecule has 0 saturated carbocycles. The molecule has 0 radical (unpaired) electrons. The molecule has 11 heavy (non-hydrogen) atoms. The summed E-state index contributed by atoms with van der Waals surface area (Å²) >= 11 is 0. The zero-order chi connectivity index (χ0) is 8.10. The highest BCUT2D eigenvalue weighted by Gasteiger charge is 1.96. The summed E-state index contributed by atoms with van der Waals surface area (Å²) in [5.41, 5.74) is 9.11. The second-order valence-corrected chi connectivity index (χ2v) is 1.75. The van der Waals surface area contributed by atoms with Gasteiger partial charge >= 0.3 is 0 Å². The molecule has 2 N–H and O–H groups in total. The number of aromatic nitrogens is 2. The molecule has 58 valence electrons. The molecule has 1 aromatic rings. The lowest BCUT2D eigenvalue weighted by molar-refractivity contribution is -0.696. The quantitative estimate of drug-likeness (QED) is 0.467. The molecule has 5 heteroatoms. The van der Waals surface area contributed by atoms with Crippen LogP contribution in [0.2, 0.25) is 0 Å². The van der Waals surface area contributed by atoms with Gasteiger partial charge in [-0.05, 0) is 12.2 Å². The van der Waals surface area contributed by atoms with Crippen LogP contribution in [0.5, 0.6) is 0 Å². The average Bonchev–Trinajstić information content (AvgIpc) is 2.37. The van der Waals surface area contributed by atoms with E-state index < -0.39 is 0 Å². The van der Waals surface area contributed by atoms with E-state index in [1.807, 2.05) is 0 Å². The second kappa shape index (κ2) is 3.46. The van der Waals surface area contributed by atoms with Crippen molar-refractivity contribution < 1.29 is 9.31 Å². The van der Waals surface area contributed by atoms with E-state index >= 15 is 0 Å². The highest BCUT2D eigenvalue weighted by molar-refractivity contribution is 5.12. The first-order valence-electron chi connectivity index (χ1n) is 3.04. The van der Waals surface area contributed by atoms with Gasteiger partial charge < -0.3 is 10.3 Å². The van der Waals surface area contributed by atoms with Gasteiger partial charge in [0.2, 0.25) is 0 Å². The van der Waals surface area contributed by atoms with Crippen molar-refractivity contribution >= 4 is 5.88 Å². The largest absolute Gasteiger partial charge is 0.382 e. The molecule has 0 atom stereocenters. The van der Waals surface area contributed by atoms with Gasteiger partial charge in [0, 0.05) is 0 Å². The Morgan fingerprint density at radius 2 is 2.73 bits per heavy atom. The lowest BCUT2D eigenvalue weighted by atomic mass is 10.6. The predicted molar refractivity (Wildman–Crippen MR) is 38.2 cm³/mol. The van der Waals surface area contributed by atoms with Gasteiger partial charge in [-0.25, -0.2) is 0 Å². The number of nitrogens with zero attached hydrogens (tertiary/aromatic N) is 3. The van der Waals surface area contributed by atoms with Crippen LogP contribution < -0.4 is 10.5 Å². The van der Waals surface area contributed by atoms with E-state index in [4.69, 9.17) is 5.73 Å². The fraction of sp³-hybridized carbons (Fsp3) is 0.333. The summed E-state index contributed by atoms with van der Waals surface area (Å²) in [5.74, 6) is 5.68. The minimum Gasteiger partial charge on any atom is -0.382 e. The second-order valence-electron chi connectivity index (χ2n) is 1.75. The molecule has 0 fully saturated rings. The summed E-state index contributed by atoms with van der Waals surface area (Å²) in [4.78, 5) is 1.25. The lowest BCUT2D eigenvalue weighted by Crippen LogP contribution is -2.30. The third-order valence-electron chi connectivity index (χ3n) is 0.944. The van der Waals surface area contributed by atoms with Crippen LogP contribution in [0.4, 0.5) is 5.88 Å². The zero-order valence-electron chi connectivity index (χ0n) is 6.11. The molecule has 0 aliphatic carbocycles. The van der Waals surface area contributed by atoms with Crippen LogP contribution in [0, 0.1) is 11.8 Å². The molecule has 0 unspecified atom stereocenters. The molecule has 0 spiro atoms. The van der Waals surface area contributed by atoms with Gasteiger partial charge in [-0.3, -0.25) is 0 Å². The summed E-state index contributed by atoms with van der Waals surface area (Å²) in [6.45, 7) is 2.14. The van der Waals surface area contributed by atoms with Crippen LogP contribution in [0.3, 0.4) is 0 Å². The van der Waals surface area contributed by atoms with E-state index in [-0.39, 0.29) is 5.88 Å². The van der Waals surface area contributed by atoms with E-state index in [0.717, 1.165) is 0 Å². The van der Waals surface area contributed by atoms with Crippen LogP contribution in [0.1, 0.15) is 6.92 Å². The third-order valence-corrected chi connectivity index (χ3v) is 0.944. The van der Waals surface area contributed by atoms with Crippen LogP contribution in [0.25, 0.3) is 5.43 Å². The topological polar surface area (TPSA) is 70.0 Å². The molecule has 5 nitrogen and oxygen atoms in total. The summed E-state index contributed by atoms with van der Waals surface area (Å²) in [5, 5.41) is 3.47. The number of anilines is 1. The molecule has 0 bridgehead atoms. The Morgan fingerprint density at radius 1 is 1.91 bits per heavy atom. The summed E-state index contributed by atoms with van der Waals surface area (Å²) < 4.78 is 4.54. The van der Waals surface area contributed by atoms with E-state index in [9.17, 15) is 0 Å². The lowest BCUT2D eigenvalue weighted by Gasteiger charge is -1.91. The molecule has 0 aliphatic heterocycles. The van der Waals surface area contributed by atoms with Gasteiger partial charge in [-0.15, -0.1) is 5.92 Å². The standard InChI is InChI=1S/C6H8N4O/c1-2-3-4-8-10-5-6(7)11-9-10/h5H,4,7H2,1H3. The van der Waals surface area contributed by atoms with Gasteiger partial charge in [-0.2, -0.15) is 5.43 Å². The van der Waals surface area contributed by atoms with Gasteiger partial charge in [0.05, 0.1) is 6.54 Å². The highest BCUT2D eigenvalue weighted by Crippen LogP contribution is 1.90. The Labute approximate surface area is 64.1 Å². The fourth-order valence-electron chi connectivity index (χ4n) is 0.503. The molecule has 0 saturated heterocycles. The number of hydrogen-bond acceptors (Lipinski definition) is 3. The monoisotopic (exact) mass is 152 g/mol. The van der Waals surface area contributed by atoms with E-state index in [0.29, 0.717) is 6.54 Å². The minimum atomic E-state index is 0.234. The summed E-state index contributed by atoms with van der Waals surface area (Å²) in [6, 6.07) is 0. The normalized spacial score (nSPS) is 8.45. The summed E-state index contributed by atoms with van der Waals surface area (Å²) in [6.07, 6.45) is 1.47. The van der Waals surface area contributed by atoms with Crippen LogP contribution in [-0.2, 0) is 0 Å². The van der Waals surface area contributed by atoms with Gasteiger partial charge in [0.15, 0.2) is 0 Å². The van der Waals surface area contributed by atoms with Crippen molar-refractivity contribution in [1.29, 1.82) is 0 Å². The van der Waals surface area contributed by atoms with Crippen LogP contribution in [-0.4, -0.2) is 11.8 Å². The number of rotatable bonds is 2. The number of nitrogens with two attached hydrogens (primary N) is 1. The van der Waals surface area contributed by atoms with Crippen molar-refractivity contribution in [2.45, 2.75) is 6.92 Å². The van der Waals surface area contributed by atoms with Gasteiger partial charge in [0.25, 0.3) is 12.1 Å². The van der Waals surface area contributed by atoms with Crippen molar-refractivity contribution in [1.82, 2.24) is 5.27 Å². The molecule has 1 heterocycles. The van der Waals surface area contributed by atoms with E-state index in [1.54, 1.807) is 6.92 Å². The van der Waals surface area contributed by atoms with Crippen LogP contribution in [0.15, 0.2) is 10.7 Å². The first-order chi connectivity index (χ1) is 5.33. The Balaban J connectivity index is 2.43. The Bertz CT molecular complexity index is 282. The maximum Gasteiger partial charge on any atom is 0.265 e. The van der Waals surface area contributed by atoms with Crippen molar-refractivity contribution in [2.24, 2.45) is 0 Å². The van der Waals surface area contributed by atoms with Crippen molar-refractivity contribution in [3.8, 4) is 11.8 Å². The first kappa shape index (κ1) is 7.41. The average molecular weight is 152 g/mol. The molecule has 0 amide bonds. The molecule has 0 aliphatic rings. The third kappa shape index (κ3) is 2.18.